The van der Waals surface area contributed by atoms with E-state index in [0.717, 1.165) is 51.3 Å². The molecule has 25 heavy (non-hydrogen) atoms. The summed E-state index contributed by atoms with van der Waals surface area (Å²) in [5, 5.41) is 14.3. The number of aryl methyl sites for hydroxylation is 1. The Hall–Kier alpha value is -1.69. The molecule has 6 heteroatoms. The molecule has 0 amide bonds. The second-order valence-corrected chi connectivity index (χ2v) is 7.68. The van der Waals surface area contributed by atoms with Crippen LogP contribution < -0.4 is 0 Å². The third-order valence-electron chi connectivity index (χ3n) is 6.26. The minimum Gasteiger partial charge on any atom is -0.381 e. The fourth-order valence-electron chi connectivity index (χ4n) is 4.90. The summed E-state index contributed by atoms with van der Waals surface area (Å²) in [5.41, 5.74) is 3.96. The van der Waals surface area contributed by atoms with Crippen LogP contribution in [0, 0.1) is 0 Å². The molecule has 0 bridgehead atoms. The molecule has 2 aromatic heterocycles. The average molecular weight is 341 g/mol. The summed E-state index contributed by atoms with van der Waals surface area (Å²) in [6.45, 7) is 4.90. The molecular weight excluding hydrogens is 314 g/mol. The van der Waals surface area contributed by atoms with Crippen LogP contribution in [0.3, 0.4) is 0 Å². The van der Waals surface area contributed by atoms with Crippen molar-refractivity contribution in [2.45, 2.75) is 76.8 Å². The normalized spacial score (nSPS) is 21.5. The lowest BCUT2D eigenvalue weighted by Crippen LogP contribution is -2.21. The lowest BCUT2D eigenvalue weighted by Gasteiger charge is -2.24. The first-order valence-corrected chi connectivity index (χ1v) is 9.98. The average Bonchev–Trinajstić information content (AvgIpc) is 3.39. The molecule has 5 rings (SSSR count). The first-order valence-electron chi connectivity index (χ1n) is 9.98. The molecular formula is C19H27N5O. The van der Waals surface area contributed by atoms with Crippen LogP contribution in [0.5, 0.6) is 0 Å². The Labute approximate surface area is 148 Å². The minimum absolute atomic E-state index is 0.491. The number of nitrogens with zero attached hydrogens (tertiary/aromatic N) is 5. The van der Waals surface area contributed by atoms with Crippen molar-refractivity contribution in [3.8, 4) is 11.5 Å². The van der Waals surface area contributed by atoms with Crippen LogP contribution in [-0.2, 0) is 24.1 Å². The van der Waals surface area contributed by atoms with Crippen LogP contribution in [0.2, 0.25) is 0 Å². The van der Waals surface area contributed by atoms with Crippen LogP contribution in [0.1, 0.15) is 74.5 Å². The number of aromatic nitrogens is 5. The largest absolute Gasteiger partial charge is 0.381 e. The second-order valence-electron chi connectivity index (χ2n) is 7.68. The van der Waals surface area contributed by atoms with E-state index in [1.54, 1.807) is 0 Å². The molecule has 2 aromatic rings. The van der Waals surface area contributed by atoms with Gasteiger partial charge in [-0.2, -0.15) is 5.10 Å². The second kappa shape index (κ2) is 6.24. The van der Waals surface area contributed by atoms with Crippen molar-refractivity contribution < 1.29 is 4.74 Å². The van der Waals surface area contributed by atoms with Gasteiger partial charge in [-0.15, -0.1) is 10.2 Å². The van der Waals surface area contributed by atoms with Crippen molar-refractivity contribution in [1.82, 2.24) is 24.5 Å². The molecule has 4 heterocycles. The molecule has 0 unspecified atom stereocenters. The van der Waals surface area contributed by atoms with Gasteiger partial charge in [0.05, 0.1) is 11.7 Å². The molecule has 3 aliphatic rings. The molecule has 1 aliphatic carbocycles. The van der Waals surface area contributed by atoms with Crippen molar-refractivity contribution in [3.63, 3.8) is 0 Å². The summed E-state index contributed by atoms with van der Waals surface area (Å²) in [6.07, 6.45) is 9.33. The number of fused-ring (bicyclic) bond motifs is 3. The number of hydrogen-bond donors (Lipinski definition) is 0. The molecule has 1 saturated carbocycles. The van der Waals surface area contributed by atoms with E-state index in [1.165, 1.54) is 48.5 Å². The summed E-state index contributed by atoms with van der Waals surface area (Å²) >= 11 is 0. The van der Waals surface area contributed by atoms with Gasteiger partial charge in [0, 0.05) is 31.2 Å². The zero-order valence-electron chi connectivity index (χ0n) is 15.1. The van der Waals surface area contributed by atoms with Crippen LogP contribution >= 0.6 is 0 Å². The van der Waals surface area contributed by atoms with Crippen molar-refractivity contribution in [1.29, 1.82) is 0 Å². The predicted molar refractivity (Wildman–Crippen MR) is 94.6 cm³/mol. The van der Waals surface area contributed by atoms with Gasteiger partial charge in [0.25, 0.3) is 0 Å². The summed E-state index contributed by atoms with van der Waals surface area (Å²) in [5.74, 6) is 2.72. The van der Waals surface area contributed by atoms with Gasteiger partial charge >= 0.3 is 0 Å². The predicted octanol–water partition coefficient (Wildman–Crippen LogP) is 3.27. The fourth-order valence-corrected chi connectivity index (χ4v) is 4.90. The van der Waals surface area contributed by atoms with Crippen molar-refractivity contribution in [2.75, 3.05) is 13.2 Å². The highest BCUT2D eigenvalue weighted by atomic mass is 16.5. The molecule has 6 nitrogen and oxygen atoms in total. The molecule has 2 aliphatic heterocycles. The molecule has 0 N–H and O–H groups in total. The Bertz CT molecular complexity index is 765. The zero-order chi connectivity index (χ0) is 16.8. The smallest absolute Gasteiger partial charge is 0.182 e. The molecule has 0 atom stereocenters. The zero-order valence-corrected chi connectivity index (χ0v) is 15.1. The monoisotopic (exact) mass is 341 g/mol. The fraction of sp³-hybridized carbons (Fsp3) is 0.737. The topological polar surface area (TPSA) is 57.8 Å². The Balaban J connectivity index is 1.60. The van der Waals surface area contributed by atoms with E-state index >= 15 is 0 Å². The Morgan fingerprint density at radius 1 is 1.08 bits per heavy atom. The van der Waals surface area contributed by atoms with Gasteiger partial charge in [0.1, 0.15) is 11.5 Å². The van der Waals surface area contributed by atoms with E-state index in [0.29, 0.717) is 12.0 Å². The van der Waals surface area contributed by atoms with E-state index in [1.807, 2.05) is 0 Å². The Kier molecular flexibility index (Phi) is 3.88. The number of rotatable bonds is 3. The van der Waals surface area contributed by atoms with Crippen LogP contribution in [0.4, 0.5) is 0 Å². The van der Waals surface area contributed by atoms with Gasteiger partial charge in [0.2, 0.25) is 0 Å². The molecule has 0 spiro atoms. The van der Waals surface area contributed by atoms with Gasteiger partial charge in [-0.05, 0) is 38.5 Å². The van der Waals surface area contributed by atoms with Crippen molar-refractivity contribution >= 4 is 0 Å². The van der Waals surface area contributed by atoms with E-state index in [4.69, 9.17) is 9.84 Å². The van der Waals surface area contributed by atoms with E-state index in [-0.39, 0.29) is 0 Å². The third kappa shape index (κ3) is 2.45. The van der Waals surface area contributed by atoms with Crippen LogP contribution in [0.15, 0.2) is 0 Å². The summed E-state index contributed by atoms with van der Waals surface area (Å²) in [6, 6.07) is 0.545. The van der Waals surface area contributed by atoms with Crippen molar-refractivity contribution in [3.05, 3.63) is 17.1 Å². The first-order chi connectivity index (χ1) is 12.4. The molecule has 134 valence electrons. The highest BCUT2D eigenvalue weighted by Crippen LogP contribution is 2.39. The maximum atomic E-state index is 5.53. The van der Waals surface area contributed by atoms with E-state index < -0.39 is 0 Å². The van der Waals surface area contributed by atoms with Gasteiger partial charge in [-0.25, -0.2) is 0 Å². The molecule has 0 aromatic carbocycles. The maximum Gasteiger partial charge on any atom is 0.182 e. The minimum atomic E-state index is 0.491. The third-order valence-corrected chi connectivity index (χ3v) is 6.26. The summed E-state index contributed by atoms with van der Waals surface area (Å²) in [7, 11) is 0. The van der Waals surface area contributed by atoms with Crippen molar-refractivity contribution in [2.24, 2.45) is 0 Å². The van der Waals surface area contributed by atoms with Gasteiger partial charge < -0.3 is 9.30 Å². The van der Waals surface area contributed by atoms with E-state index in [9.17, 15) is 0 Å². The lowest BCUT2D eigenvalue weighted by molar-refractivity contribution is 0.0827. The maximum absolute atomic E-state index is 5.53. The Morgan fingerprint density at radius 3 is 2.64 bits per heavy atom. The van der Waals surface area contributed by atoms with Gasteiger partial charge in [0.15, 0.2) is 5.82 Å². The summed E-state index contributed by atoms with van der Waals surface area (Å²) < 4.78 is 10.2. The van der Waals surface area contributed by atoms with Gasteiger partial charge in [-0.1, -0.05) is 19.8 Å². The number of hydrogen-bond acceptors (Lipinski definition) is 4. The number of ether oxygens (including phenoxy) is 1. The molecule has 1 saturated heterocycles. The van der Waals surface area contributed by atoms with Crippen LogP contribution in [-0.4, -0.2) is 37.8 Å². The quantitative estimate of drug-likeness (QED) is 0.860. The first kappa shape index (κ1) is 15.6. The van der Waals surface area contributed by atoms with Gasteiger partial charge in [-0.3, -0.25) is 4.68 Å². The Morgan fingerprint density at radius 2 is 1.88 bits per heavy atom. The lowest BCUT2D eigenvalue weighted by atomic mass is 9.98. The highest BCUT2D eigenvalue weighted by Gasteiger charge is 2.33. The van der Waals surface area contributed by atoms with Crippen LogP contribution in [0.25, 0.3) is 11.5 Å². The molecule has 0 radical (unpaired) electrons. The van der Waals surface area contributed by atoms with E-state index in [2.05, 4.69) is 26.4 Å². The standard InChI is InChI=1S/C19H27N5O/c1-2-16-15-7-10-23-18(13-8-11-25-12-9-13)20-21-19(23)17(15)24(22-16)14-5-3-4-6-14/h13-14H,2-12H2,1H3. The SMILES string of the molecule is CCc1nn(C2CCCC2)c2c1CCn1c-2nnc1C1CCOCC1. The summed E-state index contributed by atoms with van der Waals surface area (Å²) in [4.78, 5) is 0. The highest BCUT2D eigenvalue weighted by molar-refractivity contribution is 5.60. The molecule has 2 fully saturated rings.